The van der Waals surface area contributed by atoms with E-state index in [0.717, 1.165) is 24.8 Å². The number of hydrogen-bond acceptors (Lipinski definition) is 7. The van der Waals surface area contributed by atoms with Gasteiger partial charge < -0.3 is 24.3 Å². The van der Waals surface area contributed by atoms with Crippen molar-refractivity contribution in [3.63, 3.8) is 0 Å². The van der Waals surface area contributed by atoms with E-state index in [1.807, 2.05) is 29.3 Å². The summed E-state index contributed by atoms with van der Waals surface area (Å²) in [6.45, 7) is 5.44. The highest BCUT2D eigenvalue weighted by Gasteiger charge is 2.28. The highest BCUT2D eigenvalue weighted by atomic mass is 16.5. The van der Waals surface area contributed by atoms with Crippen LogP contribution in [0.5, 0.6) is 23.0 Å². The standard InChI is InChI=1S/C26H35N3O5/c1-18(2)17-34-25-15-20(10-12-23(25)32-4)28-26(30)21-8-6-7-13-29(21)27-16-19-9-11-22(31-3)24(14-19)33-5/h9-12,14-16,18,21H,6-8,13,17H2,1-5H3,(H,28,30). The number of carbonyl (C=O) groups excluding carboxylic acids is 1. The molecule has 8 heteroatoms. The molecule has 1 N–H and O–H groups in total. The van der Waals surface area contributed by atoms with Crippen LogP contribution < -0.4 is 24.3 Å². The number of hydrogen-bond donors (Lipinski definition) is 1. The topological polar surface area (TPSA) is 81.6 Å². The molecular weight excluding hydrogens is 434 g/mol. The van der Waals surface area contributed by atoms with Gasteiger partial charge in [-0.2, -0.15) is 5.10 Å². The molecule has 1 unspecified atom stereocenters. The maximum absolute atomic E-state index is 13.2. The molecule has 1 fully saturated rings. The van der Waals surface area contributed by atoms with Crippen molar-refractivity contribution >= 4 is 17.8 Å². The number of hydrazone groups is 1. The van der Waals surface area contributed by atoms with Crippen molar-refractivity contribution in [1.82, 2.24) is 5.01 Å². The van der Waals surface area contributed by atoms with Gasteiger partial charge in [-0.25, -0.2) is 0 Å². The number of benzene rings is 2. The molecule has 2 aromatic carbocycles. The van der Waals surface area contributed by atoms with Crippen molar-refractivity contribution in [3.8, 4) is 23.0 Å². The molecular formula is C26H35N3O5. The Labute approximate surface area is 201 Å². The van der Waals surface area contributed by atoms with Gasteiger partial charge >= 0.3 is 0 Å². The number of methoxy groups -OCH3 is 3. The van der Waals surface area contributed by atoms with Gasteiger partial charge in [0.15, 0.2) is 23.0 Å². The summed E-state index contributed by atoms with van der Waals surface area (Å²) in [6, 6.07) is 10.7. The first-order valence-electron chi connectivity index (χ1n) is 11.6. The van der Waals surface area contributed by atoms with E-state index in [4.69, 9.17) is 18.9 Å². The van der Waals surface area contributed by atoms with E-state index in [1.54, 1.807) is 39.7 Å². The molecule has 8 nitrogen and oxygen atoms in total. The number of amides is 1. The average molecular weight is 470 g/mol. The van der Waals surface area contributed by atoms with Gasteiger partial charge in [0, 0.05) is 18.3 Å². The Kier molecular flexibility index (Phi) is 9.01. The molecule has 0 spiro atoms. The fourth-order valence-corrected chi connectivity index (χ4v) is 3.74. The van der Waals surface area contributed by atoms with E-state index < -0.39 is 0 Å². The minimum absolute atomic E-state index is 0.0934. The van der Waals surface area contributed by atoms with E-state index in [2.05, 4.69) is 24.3 Å². The third-order valence-electron chi connectivity index (χ3n) is 5.54. The normalized spacial score (nSPS) is 15.9. The van der Waals surface area contributed by atoms with Crippen LogP contribution in [-0.2, 0) is 4.79 Å². The molecule has 184 valence electrons. The summed E-state index contributed by atoms with van der Waals surface area (Å²) in [7, 11) is 4.80. The van der Waals surface area contributed by atoms with Gasteiger partial charge in [0.1, 0.15) is 6.04 Å². The fourth-order valence-electron chi connectivity index (χ4n) is 3.74. The van der Waals surface area contributed by atoms with Gasteiger partial charge in [-0.3, -0.25) is 9.80 Å². The van der Waals surface area contributed by atoms with Crippen LogP contribution in [0.3, 0.4) is 0 Å². The molecule has 1 amide bonds. The minimum Gasteiger partial charge on any atom is -0.493 e. The number of carbonyl (C=O) groups is 1. The first-order chi connectivity index (χ1) is 16.4. The molecule has 34 heavy (non-hydrogen) atoms. The first-order valence-corrected chi connectivity index (χ1v) is 11.6. The number of ether oxygens (including phenoxy) is 4. The monoisotopic (exact) mass is 469 g/mol. The van der Waals surface area contributed by atoms with Gasteiger partial charge in [-0.05, 0) is 61.1 Å². The third-order valence-corrected chi connectivity index (χ3v) is 5.54. The van der Waals surface area contributed by atoms with Crippen LogP contribution in [0, 0.1) is 5.92 Å². The van der Waals surface area contributed by atoms with Crippen LogP contribution >= 0.6 is 0 Å². The fraction of sp³-hybridized carbons (Fsp3) is 0.462. The van der Waals surface area contributed by atoms with Gasteiger partial charge in [0.2, 0.25) is 5.91 Å². The van der Waals surface area contributed by atoms with Crippen LogP contribution in [0.4, 0.5) is 5.69 Å². The van der Waals surface area contributed by atoms with Crippen molar-refractivity contribution in [3.05, 3.63) is 42.0 Å². The average Bonchev–Trinajstić information content (AvgIpc) is 2.86. The number of nitrogens with one attached hydrogen (secondary N) is 1. The molecule has 1 heterocycles. The second kappa shape index (κ2) is 12.2. The molecule has 0 saturated carbocycles. The molecule has 0 aliphatic carbocycles. The van der Waals surface area contributed by atoms with Gasteiger partial charge in [0.25, 0.3) is 0 Å². The summed E-state index contributed by atoms with van der Waals surface area (Å²) in [6.07, 6.45) is 4.45. The summed E-state index contributed by atoms with van der Waals surface area (Å²) < 4.78 is 21.9. The molecule has 1 aliphatic heterocycles. The summed E-state index contributed by atoms with van der Waals surface area (Å²) >= 11 is 0. The SMILES string of the molecule is COc1ccc(C=NN2CCCCC2C(=O)Nc2ccc(OC)c(OCC(C)C)c2)cc1OC. The summed E-state index contributed by atoms with van der Waals surface area (Å²) in [5.41, 5.74) is 1.53. The lowest BCUT2D eigenvalue weighted by atomic mass is 10.0. The highest BCUT2D eigenvalue weighted by Crippen LogP contribution is 2.31. The quantitative estimate of drug-likeness (QED) is 0.513. The molecule has 1 aliphatic rings. The van der Waals surface area contributed by atoms with Crippen LogP contribution in [0.2, 0.25) is 0 Å². The van der Waals surface area contributed by atoms with E-state index >= 15 is 0 Å². The van der Waals surface area contributed by atoms with Crippen molar-refractivity contribution in [2.75, 3.05) is 39.8 Å². The van der Waals surface area contributed by atoms with Crippen molar-refractivity contribution in [2.24, 2.45) is 11.0 Å². The predicted octanol–water partition coefficient (Wildman–Crippen LogP) is 4.57. The molecule has 0 aromatic heterocycles. The van der Waals surface area contributed by atoms with E-state index in [0.29, 0.717) is 47.8 Å². The third kappa shape index (κ3) is 6.56. The Balaban J connectivity index is 1.72. The maximum Gasteiger partial charge on any atom is 0.248 e. The highest BCUT2D eigenvalue weighted by molar-refractivity contribution is 5.95. The van der Waals surface area contributed by atoms with Crippen molar-refractivity contribution in [1.29, 1.82) is 0 Å². The summed E-state index contributed by atoms with van der Waals surface area (Å²) in [5, 5.41) is 9.51. The van der Waals surface area contributed by atoms with E-state index in [-0.39, 0.29) is 11.9 Å². The maximum atomic E-state index is 13.2. The molecule has 0 radical (unpaired) electrons. The zero-order chi connectivity index (χ0) is 24.5. The molecule has 0 bridgehead atoms. The van der Waals surface area contributed by atoms with Crippen molar-refractivity contribution in [2.45, 2.75) is 39.2 Å². The Bertz CT molecular complexity index is 992. The van der Waals surface area contributed by atoms with Gasteiger partial charge in [0.05, 0.1) is 34.2 Å². The lowest BCUT2D eigenvalue weighted by Gasteiger charge is -2.32. The van der Waals surface area contributed by atoms with Crippen LogP contribution in [0.15, 0.2) is 41.5 Å². The lowest BCUT2D eigenvalue weighted by molar-refractivity contribution is -0.122. The van der Waals surface area contributed by atoms with Crippen LogP contribution in [-0.4, -0.2) is 57.7 Å². The summed E-state index contributed by atoms with van der Waals surface area (Å²) in [5.74, 6) is 2.82. The minimum atomic E-state index is -0.354. The first kappa shape index (κ1) is 25.2. The smallest absolute Gasteiger partial charge is 0.248 e. The molecule has 1 atom stereocenters. The Hall–Kier alpha value is -3.42. The Morgan fingerprint density at radius 3 is 2.44 bits per heavy atom. The van der Waals surface area contributed by atoms with Crippen LogP contribution in [0.25, 0.3) is 0 Å². The molecule has 3 rings (SSSR count). The molecule has 2 aromatic rings. The zero-order valence-electron chi connectivity index (χ0n) is 20.7. The van der Waals surface area contributed by atoms with Gasteiger partial charge in [-0.15, -0.1) is 0 Å². The number of rotatable bonds is 10. The Morgan fingerprint density at radius 1 is 1.03 bits per heavy atom. The second-order valence-electron chi connectivity index (χ2n) is 8.59. The number of piperidine rings is 1. The zero-order valence-corrected chi connectivity index (χ0v) is 20.7. The second-order valence-corrected chi connectivity index (χ2v) is 8.59. The largest absolute Gasteiger partial charge is 0.493 e. The Morgan fingerprint density at radius 2 is 1.74 bits per heavy atom. The summed E-state index contributed by atoms with van der Waals surface area (Å²) in [4.78, 5) is 13.2. The number of nitrogens with zero attached hydrogens (tertiary/aromatic N) is 2. The van der Waals surface area contributed by atoms with E-state index in [9.17, 15) is 4.79 Å². The lowest BCUT2D eigenvalue weighted by Crippen LogP contribution is -2.44. The van der Waals surface area contributed by atoms with Crippen LogP contribution in [0.1, 0.15) is 38.7 Å². The van der Waals surface area contributed by atoms with Crippen molar-refractivity contribution < 1.29 is 23.7 Å². The van der Waals surface area contributed by atoms with E-state index in [1.165, 1.54) is 0 Å². The number of anilines is 1. The molecule has 1 saturated heterocycles. The van der Waals surface area contributed by atoms with Gasteiger partial charge in [-0.1, -0.05) is 13.8 Å². The predicted molar refractivity (Wildman–Crippen MR) is 133 cm³/mol.